The van der Waals surface area contributed by atoms with Crippen molar-refractivity contribution >= 4 is 15.9 Å². The van der Waals surface area contributed by atoms with Crippen molar-refractivity contribution in [3.63, 3.8) is 0 Å². The van der Waals surface area contributed by atoms with E-state index in [1.54, 1.807) is 0 Å². The molecule has 1 aromatic rings. The Bertz CT molecular complexity index is 329. The van der Waals surface area contributed by atoms with Crippen LogP contribution in [0.15, 0.2) is 10.8 Å². The van der Waals surface area contributed by atoms with Gasteiger partial charge in [0, 0.05) is 5.56 Å². The average molecular weight is 286 g/mol. The van der Waals surface area contributed by atoms with Crippen LogP contribution in [0.5, 0.6) is 0 Å². The Morgan fingerprint density at radius 3 is 2.88 bits per heavy atom. The van der Waals surface area contributed by atoms with E-state index >= 15 is 0 Å². The van der Waals surface area contributed by atoms with Gasteiger partial charge in [-0.2, -0.15) is 5.10 Å². The van der Waals surface area contributed by atoms with Crippen LogP contribution in [0.4, 0.5) is 0 Å². The van der Waals surface area contributed by atoms with Crippen LogP contribution in [0.3, 0.4) is 0 Å². The first kappa shape index (κ1) is 12.1. The zero-order valence-electron chi connectivity index (χ0n) is 9.88. The molecule has 90 valence electrons. The van der Waals surface area contributed by atoms with E-state index in [-0.39, 0.29) is 0 Å². The molecule has 0 spiro atoms. The molecule has 0 amide bonds. The number of aromatic nitrogens is 2. The van der Waals surface area contributed by atoms with Crippen LogP contribution in [0.1, 0.15) is 43.7 Å². The summed E-state index contributed by atoms with van der Waals surface area (Å²) in [5.74, 6) is 0. The van der Waals surface area contributed by atoms with Gasteiger partial charge in [-0.1, -0.05) is 19.3 Å². The van der Waals surface area contributed by atoms with Crippen molar-refractivity contribution < 1.29 is 0 Å². The second kappa shape index (κ2) is 5.82. The third-order valence-electron chi connectivity index (χ3n) is 3.37. The summed E-state index contributed by atoms with van der Waals surface area (Å²) in [6.45, 7) is 1.01. The van der Waals surface area contributed by atoms with Gasteiger partial charge in [0.1, 0.15) is 4.60 Å². The lowest BCUT2D eigenvalue weighted by Crippen LogP contribution is -2.15. The molecule has 0 aliphatic heterocycles. The highest BCUT2D eigenvalue weighted by atomic mass is 79.9. The van der Waals surface area contributed by atoms with Crippen molar-refractivity contribution in [2.45, 2.75) is 44.6 Å². The largest absolute Gasteiger partial charge is 0.319 e. The Morgan fingerprint density at radius 2 is 2.19 bits per heavy atom. The maximum absolute atomic E-state index is 4.53. The number of nitrogens with one attached hydrogen (secondary N) is 1. The van der Waals surface area contributed by atoms with Gasteiger partial charge in [-0.15, -0.1) is 0 Å². The van der Waals surface area contributed by atoms with E-state index in [4.69, 9.17) is 0 Å². The van der Waals surface area contributed by atoms with Gasteiger partial charge in [0.05, 0.1) is 12.2 Å². The van der Waals surface area contributed by atoms with Gasteiger partial charge in [0.2, 0.25) is 0 Å². The summed E-state index contributed by atoms with van der Waals surface area (Å²) in [6, 6.07) is 0.617. The highest BCUT2D eigenvalue weighted by Gasteiger charge is 2.19. The zero-order valence-corrected chi connectivity index (χ0v) is 11.5. The second-order valence-electron chi connectivity index (χ2n) is 4.55. The molecule has 0 unspecified atom stereocenters. The van der Waals surface area contributed by atoms with E-state index in [0.717, 1.165) is 13.0 Å². The molecule has 0 saturated heterocycles. The third-order valence-corrected chi connectivity index (χ3v) is 4.24. The molecule has 1 aliphatic rings. The molecular formula is C12H20BrN3. The molecule has 0 radical (unpaired) electrons. The molecule has 1 aliphatic carbocycles. The van der Waals surface area contributed by atoms with Crippen LogP contribution >= 0.6 is 15.9 Å². The Morgan fingerprint density at radius 1 is 1.44 bits per heavy atom. The fraction of sp³-hybridized carbons (Fsp3) is 0.750. The van der Waals surface area contributed by atoms with Crippen molar-refractivity contribution in [1.82, 2.24) is 15.1 Å². The molecule has 1 fully saturated rings. The fourth-order valence-corrected chi connectivity index (χ4v) is 3.07. The molecule has 16 heavy (non-hydrogen) atoms. The molecule has 1 N–H and O–H groups in total. The van der Waals surface area contributed by atoms with Gasteiger partial charge in [-0.05, 0) is 48.8 Å². The second-order valence-corrected chi connectivity index (χ2v) is 5.30. The first-order valence-electron chi connectivity index (χ1n) is 6.19. The first-order valence-corrected chi connectivity index (χ1v) is 6.98. The highest BCUT2D eigenvalue weighted by Crippen LogP contribution is 2.31. The Labute approximate surface area is 106 Å². The van der Waals surface area contributed by atoms with Crippen LogP contribution in [0, 0.1) is 0 Å². The molecule has 1 saturated carbocycles. The predicted octanol–water partition coefficient (Wildman–Crippen LogP) is 2.91. The summed E-state index contributed by atoms with van der Waals surface area (Å²) in [7, 11) is 1.99. The maximum Gasteiger partial charge on any atom is 0.107 e. The normalized spacial score (nSPS) is 17.9. The van der Waals surface area contributed by atoms with Gasteiger partial charge in [-0.3, -0.25) is 4.68 Å². The average Bonchev–Trinajstić information content (AvgIpc) is 2.69. The van der Waals surface area contributed by atoms with Crippen LogP contribution in [-0.4, -0.2) is 23.4 Å². The Hall–Kier alpha value is -0.350. The predicted molar refractivity (Wildman–Crippen MR) is 69.7 cm³/mol. The van der Waals surface area contributed by atoms with Crippen LogP contribution in [0.2, 0.25) is 0 Å². The molecule has 1 heterocycles. The van der Waals surface area contributed by atoms with Crippen LogP contribution in [-0.2, 0) is 6.42 Å². The minimum absolute atomic E-state index is 0.617. The standard InChI is InChI=1S/C12H20BrN3/c1-14-8-7-10-9-15-16(12(10)13)11-5-3-2-4-6-11/h9,11,14H,2-8H2,1H3. The fourth-order valence-electron chi connectivity index (χ4n) is 2.39. The topological polar surface area (TPSA) is 29.9 Å². The summed E-state index contributed by atoms with van der Waals surface area (Å²) in [5, 5.41) is 7.71. The Kier molecular flexibility index (Phi) is 4.41. The van der Waals surface area contributed by atoms with E-state index in [9.17, 15) is 0 Å². The van der Waals surface area contributed by atoms with Gasteiger partial charge in [0.25, 0.3) is 0 Å². The number of likely N-dealkylation sites (N-methyl/N-ethyl adjacent to an activating group) is 1. The number of nitrogens with zero attached hydrogens (tertiary/aromatic N) is 2. The molecule has 0 atom stereocenters. The van der Waals surface area contributed by atoms with Crippen molar-refractivity contribution in [1.29, 1.82) is 0 Å². The summed E-state index contributed by atoms with van der Waals surface area (Å²) < 4.78 is 3.37. The highest BCUT2D eigenvalue weighted by molar-refractivity contribution is 9.10. The van der Waals surface area contributed by atoms with E-state index in [0.29, 0.717) is 6.04 Å². The maximum atomic E-state index is 4.53. The van der Waals surface area contributed by atoms with Crippen LogP contribution < -0.4 is 5.32 Å². The number of hydrogen-bond donors (Lipinski definition) is 1. The SMILES string of the molecule is CNCCc1cnn(C2CCCCC2)c1Br. The smallest absolute Gasteiger partial charge is 0.107 e. The lowest BCUT2D eigenvalue weighted by molar-refractivity contribution is 0.325. The van der Waals surface area contributed by atoms with Gasteiger partial charge in [0.15, 0.2) is 0 Å². The quantitative estimate of drug-likeness (QED) is 0.922. The molecule has 1 aromatic heterocycles. The molecule has 2 rings (SSSR count). The molecule has 3 nitrogen and oxygen atoms in total. The third kappa shape index (κ3) is 2.66. The first-order chi connectivity index (χ1) is 7.83. The number of hydrogen-bond acceptors (Lipinski definition) is 2. The zero-order chi connectivity index (χ0) is 11.4. The minimum atomic E-state index is 0.617. The Balaban J connectivity index is 2.06. The minimum Gasteiger partial charge on any atom is -0.319 e. The monoisotopic (exact) mass is 285 g/mol. The summed E-state index contributed by atoms with van der Waals surface area (Å²) in [6.07, 6.45) is 9.71. The van der Waals surface area contributed by atoms with Crippen molar-refractivity contribution in [3.05, 3.63) is 16.4 Å². The van der Waals surface area contributed by atoms with Crippen molar-refractivity contribution in [2.75, 3.05) is 13.6 Å². The van der Waals surface area contributed by atoms with Crippen LogP contribution in [0.25, 0.3) is 0 Å². The summed E-state index contributed by atoms with van der Waals surface area (Å²) in [5.41, 5.74) is 1.32. The number of halogens is 1. The lowest BCUT2D eigenvalue weighted by Gasteiger charge is -2.22. The lowest BCUT2D eigenvalue weighted by atomic mass is 9.96. The van der Waals surface area contributed by atoms with Crippen molar-refractivity contribution in [2.24, 2.45) is 0 Å². The summed E-state index contributed by atoms with van der Waals surface area (Å²) in [4.78, 5) is 0. The van der Waals surface area contributed by atoms with Gasteiger partial charge in [-0.25, -0.2) is 0 Å². The summed E-state index contributed by atoms with van der Waals surface area (Å²) >= 11 is 3.69. The number of rotatable bonds is 4. The van der Waals surface area contributed by atoms with E-state index < -0.39 is 0 Å². The molecule has 0 aromatic carbocycles. The molecule has 0 bridgehead atoms. The van der Waals surface area contributed by atoms with E-state index in [1.165, 1.54) is 42.3 Å². The van der Waals surface area contributed by atoms with Crippen molar-refractivity contribution in [3.8, 4) is 0 Å². The van der Waals surface area contributed by atoms with Gasteiger partial charge < -0.3 is 5.32 Å². The van der Waals surface area contributed by atoms with E-state index in [1.807, 2.05) is 13.2 Å². The van der Waals surface area contributed by atoms with E-state index in [2.05, 4.69) is 31.0 Å². The molecular weight excluding hydrogens is 266 g/mol. The molecule has 4 heteroatoms. The van der Waals surface area contributed by atoms with Gasteiger partial charge >= 0.3 is 0 Å².